The first kappa shape index (κ1) is 9.96. The molecule has 3 N–H and O–H groups in total. The Morgan fingerprint density at radius 3 is 2.83 bits per heavy atom. The largest absolute Gasteiger partial charge is 0.385 e. The minimum absolute atomic E-state index is 0.482. The lowest BCUT2D eigenvalue weighted by atomic mass is 9.81. The minimum Gasteiger partial charge on any atom is -0.385 e. The SMILES string of the molecule is COCCCNCC1CC(N)C1. The van der Waals surface area contributed by atoms with Gasteiger partial charge in [0.05, 0.1) is 0 Å². The maximum absolute atomic E-state index is 5.67. The monoisotopic (exact) mass is 172 g/mol. The summed E-state index contributed by atoms with van der Waals surface area (Å²) in [6.07, 6.45) is 3.52. The number of hydrogen-bond donors (Lipinski definition) is 2. The summed E-state index contributed by atoms with van der Waals surface area (Å²) in [5, 5.41) is 3.41. The van der Waals surface area contributed by atoms with Gasteiger partial charge in [-0.15, -0.1) is 0 Å². The average molecular weight is 172 g/mol. The zero-order valence-corrected chi connectivity index (χ0v) is 7.88. The summed E-state index contributed by atoms with van der Waals surface area (Å²) in [6, 6.07) is 0.482. The molecule has 72 valence electrons. The van der Waals surface area contributed by atoms with Crippen molar-refractivity contribution < 1.29 is 4.74 Å². The van der Waals surface area contributed by atoms with Gasteiger partial charge in [0.15, 0.2) is 0 Å². The van der Waals surface area contributed by atoms with Crippen molar-refractivity contribution in [3.63, 3.8) is 0 Å². The lowest BCUT2D eigenvalue weighted by Crippen LogP contribution is -2.41. The second-order valence-electron chi connectivity index (χ2n) is 3.65. The van der Waals surface area contributed by atoms with Gasteiger partial charge in [0.2, 0.25) is 0 Å². The summed E-state index contributed by atoms with van der Waals surface area (Å²) in [4.78, 5) is 0. The van der Waals surface area contributed by atoms with Crippen LogP contribution in [0.5, 0.6) is 0 Å². The van der Waals surface area contributed by atoms with Crippen molar-refractivity contribution in [1.82, 2.24) is 5.32 Å². The van der Waals surface area contributed by atoms with Gasteiger partial charge in [0.25, 0.3) is 0 Å². The van der Waals surface area contributed by atoms with E-state index in [4.69, 9.17) is 10.5 Å². The molecular formula is C9H20N2O. The van der Waals surface area contributed by atoms with Crippen LogP contribution in [0, 0.1) is 5.92 Å². The molecule has 1 rings (SSSR count). The van der Waals surface area contributed by atoms with E-state index in [0.717, 1.165) is 32.0 Å². The predicted octanol–water partition coefficient (Wildman–Crippen LogP) is 0.350. The number of rotatable bonds is 6. The minimum atomic E-state index is 0.482. The zero-order valence-electron chi connectivity index (χ0n) is 7.88. The number of hydrogen-bond acceptors (Lipinski definition) is 3. The molecule has 0 aromatic rings. The van der Waals surface area contributed by atoms with Gasteiger partial charge < -0.3 is 15.8 Å². The van der Waals surface area contributed by atoms with Crippen LogP contribution in [-0.2, 0) is 4.74 Å². The summed E-state index contributed by atoms with van der Waals surface area (Å²) in [5.74, 6) is 0.836. The van der Waals surface area contributed by atoms with Gasteiger partial charge in [-0.3, -0.25) is 0 Å². The Labute approximate surface area is 74.7 Å². The summed E-state index contributed by atoms with van der Waals surface area (Å²) in [6.45, 7) is 3.06. The van der Waals surface area contributed by atoms with Crippen LogP contribution in [0.25, 0.3) is 0 Å². The first-order chi connectivity index (χ1) is 5.83. The van der Waals surface area contributed by atoms with Crippen molar-refractivity contribution in [2.45, 2.75) is 25.3 Å². The van der Waals surface area contributed by atoms with Crippen LogP contribution in [0.1, 0.15) is 19.3 Å². The zero-order chi connectivity index (χ0) is 8.81. The maximum atomic E-state index is 5.67. The van der Waals surface area contributed by atoms with Crippen LogP contribution in [0.2, 0.25) is 0 Å². The molecule has 0 saturated heterocycles. The van der Waals surface area contributed by atoms with Crippen molar-refractivity contribution in [1.29, 1.82) is 0 Å². The molecule has 3 heteroatoms. The Morgan fingerprint density at radius 2 is 2.25 bits per heavy atom. The van der Waals surface area contributed by atoms with E-state index < -0.39 is 0 Å². The van der Waals surface area contributed by atoms with Crippen LogP contribution < -0.4 is 11.1 Å². The summed E-state index contributed by atoms with van der Waals surface area (Å²) < 4.78 is 4.95. The van der Waals surface area contributed by atoms with Gasteiger partial charge in [-0.1, -0.05) is 0 Å². The van der Waals surface area contributed by atoms with Crippen molar-refractivity contribution in [3.05, 3.63) is 0 Å². The van der Waals surface area contributed by atoms with E-state index in [1.54, 1.807) is 7.11 Å². The molecule has 1 fully saturated rings. The lowest BCUT2D eigenvalue weighted by Gasteiger charge is -2.32. The smallest absolute Gasteiger partial charge is 0.0474 e. The van der Waals surface area contributed by atoms with Crippen LogP contribution in [0.4, 0.5) is 0 Å². The third-order valence-corrected chi connectivity index (χ3v) is 2.41. The normalized spacial score (nSPS) is 28.5. The molecule has 0 radical (unpaired) electrons. The number of ether oxygens (including phenoxy) is 1. The Bertz CT molecular complexity index is 113. The molecule has 0 aromatic carbocycles. The van der Waals surface area contributed by atoms with Gasteiger partial charge in [0.1, 0.15) is 0 Å². The van der Waals surface area contributed by atoms with Crippen LogP contribution in [0.15, 0.2) is 0 Å². The van der Waals surface area contributed by atoms with Crippen LogP contribution in [-0.4, -0.2) is 32.8 Å². The topological polar surface area (TPSA) is 47.3 Å². The Balaban J connectivity index is 1.77. The predicted molar refractivity (Wildman–Crippen MR) is 50.1 cm³/mol. The fourth-order valence-electron chi connectivity index (χ4n) is 1.60. The Hall–Kier alpha value is -0.120. The van der Waals surface area contributed by atoms with Crippen molar-refractivity contribution in [2.24, 2.45) is 11.7 Å². The first-order valence-corrected chi connectivity index (χ1v) is 4.78. The molecule has 1 aliphatic rings. The van der Waals surface area contributed by atoms with Gasteiger partial charge >= 0.3 is 0 Å². The molecule has 0 aliphatic heterocycles. The van der Waals surface area contributed by atoms with E-state index in [-0.39, 0.29) is 0 Å². The van der Waals surface area contributed by atoms with Crippen LogP contribution >= 0.6 is 0 Å². The molecule has 1 saturated carbocycles. The van der Waals surface area contributed by atoms with E-state index in [1.807, 2.05) is 0 Å². The molecule has 0 amide bonds. The molecule has 0 atom stereocenters. The van der Waals surface area contributed by atoms with E-state index in [9.17, 15) is 0 Å². The van der Waals surface area contributed by atoms with Crippen LogP contribution in [0.3, 0.4) is 0 Å². The Morgan fingerprint density at radius 1 is 1.50 bits per heavy atom. The molecule has 3 nitrogen and oxygen atoms in total. The number of nitrogens with two attached hydrogens (primary N) is 1. The highest BCUT2D eigenvalue weighted by atomic mass is 16.5. The fourth-order valence-corrected chi connectivity index (χ4v) is 1.60. The molecule has 0 unspecified atom stereocenters. The first-order valence-electron chi connectivity index (χ1n) is 4.78. The molecule has 0 spiro atoms. The molecule has 1 aliphatic carbocycles. The van der Waals surface area contributed by atoms with E-state index in [1.165, 1.54) is 12.8 Å². The second kappa shape index (κ2) is 5.51. The Kier molecular flexibility index (Phi) is 4.58. The van der Waals surface area contributed by atoms with Gasteiger partial charge in [-0.05, 0) is 38.3 Å². The number of methoxy groups -OCH3 is 1. The van der Waals surface area contributed by atoms with Crippen molar-refractivity contribution in [3.8, 4) is 0 Å². The molecule has 0 bridgehead atoms. The van der Waals surface area contributed by atoms with Gasteiger partial charge in [-0.2, -0.15) is 0 Å². The summed E-state index contributed by atoms with van der Waals surface area (Å²) in [5.41, 5.74) is 5.67. The third-order valence-electron chi connectivity index (χ3n) is 2.41. The van der Waals surface area contributed by atoms with Gasteiger partial charge in [-0.25, -0.2) is 0 Å². The molecule has 12 heavy (non-hydrogen) atoms. The summed E-state index contributed by atoms with van der Waals surface area (Å²) >= 11 is 0. The van der Waals surface area contributed by atoms with E-state index in [2.05, 4.69) is 5.32 Å². The van der Waals surface area contributed by atoms with Crippen molar-refractivity contribution in [2.75, 3.05) is 26.8 Å². The average Bonchev–Trinajstić information content (AvgIpc) is 2.00. The van der Waals surface area contributed by atoms with E-state index in [0.29, 0.717) is 6.04 Å². The molecule has 0 heterocycles. The number of nitrogens with one attached hydrogen (secondary N) is 1. The van der Waals surface area contributed by atoms with E-state index >= 15 is 0 Å². The van der Waals surface area contributed by atoms with Gasteiger partial charge in [0, 0.05) is 19.8 Å². The quantitative estimate of drug-likeness (QED) is 0.568. The van der Waals surface area contributed by atoms with Crippen molar-refractivity contribution >= 4 is 0 Å². The standard InChI is InChI=1S/C9H20N2O/c1-12-4-2-3-11-7-8-5-9(10)6-8/h8-9,11H,2-7,10H2,1H3. The second-order valence-corrected chi connectivity index (χ2v) is 3.65. The summed E-state index contributed by atoms with van der Waals surface area (Å²) in [7, 11) is 1.74. The maximum Gasteiger partial charge on any atom is 0.0474 e. The highest BCUT2D eigenvalue weighted by molar-refractivity contribution is 4.83. The lowest BCUT2D eigenvalue weighted by molar-refractivity contribution is 0.191. The highest BCUT2D eigenvalue weighted by Gasteiger charge is 2.24. The molecular weight excluding hydrogens is 152 g/mol. The fraction of sp³-hybridized carbons (Fsp3) is 1.00. The third kappa shape index (κ3) is 3.52. The highest BCUT2D eigenvalue weighted by Crippen LogP contribution is 2.24. The molecule has 0 aromatic heterocycles.